The van der Waals surface area contributed by atoms with Crippen molar-refractivity contribution in [1.82, 2.24) is 10.2 Å². The second-order valence-corrected chi connectivity index (χ2v) is 3.71. The summed E-state index contributed by atoms with van der Waals surface area (Å²) in [6, 6.07) is 0.672. The molecule has 4 heteroatoms. The fourth-order valence-corrected chi connectivity index (χ4v) is 1.75. The van der Waals surface area contributed by atoms with E-state index in [4.69, 9.17) is 4.74 Å². The van der Waals surface area contributed by atoms with Gasteiger partial charge in [0.15, 0.2) is 0 Å². The third kappa shape index (κ3) is 1.69. The van der Waals surface area contributed by atoms with Crippen molar-refractivity contribution in [2.75, 3.05) is 32.8 Å². The number of nitrogens with one attached hydrogen (secondary N) is 1. The lowest BCUT2D eigenvalue weighted by Crippen LogP contribution is -2.65. The summed E-state index contributed by atoms with van der Waals surface area (Å²) in [6.07, 6.45) is 0. The topological polar surface area (TPSA) is 41.6 Å². The largest absolute Gasteiger partial charge is 0.466 e. The molecular formula is C9H16N2O2. The van der Waals surface area contributed by atoms with Gasteiger partial charge >= 0.3 is 5.97 Å². The number of nitrogens with zero attached hydrogens (tertiary/aromatic N) is 1. The first-order chi connectivity index (χ1) is 6.31. The van der Waals surface area contributed by atoms with Crippen molar-refractivity contribution >= 4 is 5.97 Å². The molecule has 2 heterocycles. The Kier molecular flexibility index (Phi) is 2.51. The molecule has 2 saturated heterocycles. The predicted octanol–water partition coefficient (Wildman–Crippen LogP) is -0.547. The van der Waals surface area contributed by atoms with E-state index in [0.717, 1.165) is 26.2 Å². The van der Waals surface area contributed by atoms with E-state index >= 15 is 0 Å². The molecule has 1 N–H and O–H groups in total. The zero-order valence-corrected chi connectivity index (χ0v) is 7.95. The Hall–Kier alpha value is -0.610. The minimum absolute atomic E-state index is 0.0222. The molecule has 2 fully saturated rings. The van der Waals surface area contributed by atoms with Crippen LogP contribution in [0.4, 0.5) is 0 Å². The quantitative estimate of drug-likeness (QED) is 0.598. The standard InChI is InChI=1S/C9H16N2O2/c1-2-13-9(12)7-5-11(6-7)8-3-10-4-8/h7-8,10H,2-6H2,1H3. The molecule has 0 aliphatic carbocycles. The third-order valence-electron chi connectivity index (χ3n) is 2.81. The van der Waals surface area contributed by atoms with Gasteiger partial charge in [0.2, 0.25) is 0 Å². The lowest BCUT2D eigenvalue weighted by atomic mass is 9.96. The molecule has 2 aliphatic heterocycles. The number of esters is 1. The van der Waals surface area contributed by atoms with Gasteiger partial charge in [0, 0.05) is 32.2 Å². The maximum absolute atomic E-state index is 11.2. The van der Waals surface area contributed by atoms with Crippen molar-refractivity contribution in [3.63, 3.8) is 0 Å². The van der Waals surface area contributed by atoms with Crippen LogP contribution in [0.1, 0.15) is 6.92 Å². The van der Waals surface area contributed by atoms with E-state index < -0.39 is 0 Å². The van der Waals surface area contributed by atoms with E-state index in [1.807, 2.05) is 6.92 Å². The Morgan fingerprint density at radius 3 is 2.69 bits per heavy atom. The van der Waals surface area contributed by atoms with Crippen molar-refractivity contribution in [1.29, 1.82) is 0 Å². The first kappa shape index (κ1) is 8.97. The Labute approximate surface area is 78.2 Å². The molecule has 0 spiro atoms. The molecule has 0 aromatic rings. The van der Waals surface area contributed by atoms with E-state index in [9.17, 15) is 4.79 Å². The Balaban J connectivity index is 1.68. The third-order valence-corrected chi connectivity index (χ3v) is 2.81. The van der Waals surface area contributed by atoms with Crippen LogP contribution in [-0.4, -0.2) is 49.7 Å². The number of rotatable bonds is 3. The number of likely N-dealkylation sites (tertiary alicyclic amines) is 1. The molecule has 0 aromatic heterocycles. The first-order valence-corrected chi connectivity index (χ1v) is 4.92. The van der Waals surface area contributed by atoms with Crippen LogP contribution in [0.25, 0.3) is 0 Å². The molecule has 74 valence electrons. The normalized spacial score (nSPS) is 25.0. The minimum Gasteiger partial charge on any atom is -0.466 e. The van der Waals surface area contributed by atoms with Gasteiger partial charge in [-0.2, -0.15) is 0 Å². The summed E-state index contributed by atoms with van der Waals surface area (Å²) in [5, 5.41) is 3.22. The maximum Gasteiger partial charge on any atom is 0.311 e. The van der Waals surface area contributed by atoms with Crippen LogP contribution >= 0.6 is 0 Å². The molecule has 0 unspecified atom stereocenters. The van der Waals surface area contributed by atoms with E-state index in [1.165, 1.54) is 0 Å². The van der Waals surface area contributed by atoms with E-state index in [0.29, 0.717) is 12.6 Å². The monoisotopic (exact) mass is 184 g/mol. The lowest BCUT2D eigenvalue weighted by molar-refractivity contribution is -0.155. The van der Waals surface area contributed by atoms with Gasteiger partial charge in [0.05, 0.1) is 12.5 Å². The summed E-state index contributed by atoms with van der Waals surface area (Å²) >= 11 is 0. The van der Waals surface area contributed by atoms with Gasteiger partial charge in [-0.25, -0.2) is 0 Å². The summed E-state index contributed by atoms with van der Waals surface area (Å²) in [7, 11) is 0. The molecule has 0 bridgehead atoms. The second kappa shape index (κ2) is 3.64. The molecule has 2 aliphatic rings. The number of carbonyl (C=O) groups excluding carboxylic acids is 1. The second-order valence-electron chi connectivity index (χ2n) is 3.71. The van der Waals surface area contributed by atoms with Crippen LogP contribution in [-0.2, 0) is 9.53 Å². The molecule has 0 atom stereocenters. The van der Waals surface area contributed by atoms with Crippen molar-refractivity contribution in [3.8, 4) is 0 Å². The van der Waals surface area contributed by atoms with Crippen molar-refractivity contribution in [3.05, 3.63) is 0 Å². The zero-order chi connectivity index (χ0) is 9.26. The van der Waals surface area contributed by atoms with Crippen molar-refractivity contribution in [2.24, 2.45) is 5.92 Å². The van der Waals surface area contributed by atoms with Gasteiger partial charge in [0.25, 0.3) is 0 Å². The molecule has 4 nitrogen and oxygen atoms in total. The van der Waals surface area contributed by atoms with Gasteiger partial charge < -0.3 is 10.1 Å². The number of hydrogen-bond acceptors (Lipinski definition) is 4. The number of carbonyl (C=O) groups is 1. The Morgan fingerprint density at radius 2 is 2.23 bits per heavy atom. The predicted molar refractivity (Wildman–Crippen MR) is 48.4 cm³/mol. The smallest absolute Gasteiger partial charge is 0.311 e. The molecule has 0 radical (unpaired) electrons. The van der Waals surface area contributed by atoms with Gasteiger partial charge in [-0.15, -0.1) is 0 Å². The number of hydrogen-bond donors (Lipinski definition) is 1. The van der Waals surface area contributed by atoms with Crippen LogP contribution in [0, 0.1) is 5.92 Å². The Bertz CT molecular complexity index is 198. The highest BCUT2D eigenvalue weighted by Gasteiger charge is 2.39. The molecular weight excluding hydrogens is 168 g/mol. The van der Waals surface area contributed by atoms with Crippen molar-refractivity contribution in [2.45, 2.75) is 13.0 Å². The first-order valence-electron chi connectivity index (χ1n) is 4.92. The van der Waals surface area contributed by atoms with E-state index in [-0.39, 0.29) is 11.9 Å². The molecule has 0 amide bonds. The summed E-state index contributed by atoms with van der Waals surface area (Å²) in [5.74, 6) is 0.117. The van der Waals surface area contributed by atoms with Gasteiger partial charge in [0.1, 0.15) is 0 Å². The van der Waals surface area contributed by atoms with E-state index in [1.54, 1.807) is 0 Å². The highest BCUT2D eigenvalue weighted by molar-refractivity contribution is 5.74. The number of ether oxygens (including phenoxy) is 1. The van der Waals surface area contributed by atoms with Crippen LogP contribution in [0.5, 0.6) is 0 Å². The zero-order valence-electron chi connectivity index (χ0n) is 7.95. The fraction of sp³-hybridized carbons (Fsp3) is 0.889. The summed E-state index contributed by atoms with van der Waals surface area (Å²) in [4.78, 5) is 13.6. The highest BCUT2D eigenvalue weighted by atomic mass is 16.5. The van der Waals surface area contributed by atoms with Crippen LogP contribution in [0.15, 0.2) is 0 Å². The summed E-state index contributed by atoms with van der Waals surface area (Å²) in [5.41, 5.74) is 0. The van der Waals surface area contributed by atoms with Gasteiger partial charge in [-0.1, -0.05) is 0 Å². The lowest BCUT2D eigenvalue weighted by Gasteiger charge is -2.46. The van der Waals surface area contributed by atoms with Crippen LogP contribution < -0.4 is 5.32 Å². The Morgan fingerprint density at radius 1 is 1.54 bits per heavy atom. The molecule has 0 aromatic carbocycles. The SMILES string of the molecule is CCOC(=O)C1CN(C2CNC2)C1. The highest BCUT2D eigenvalue weighted by Crippen LogP contribution is 2.21. The fourth-order valence-electron chi connectivity index (χ4n) is 1.75. The molecule has 13 heavy (non-hydrogen) atoms. The molecule has 0 saturated carbocycles. The average molecular weight is 184 g/mol. The van der Waals surface area contributed by atoms with E-state index in [2.05, 4.69) is 10.2 Å². The average Bonchev–Trinajstić information content (AvgIpc) is 1.91. The summed E-state index contributed by atoms with van der Waals surface area (Å²) < 4.78 is 4.94. The minimum atomic E-state index is -0.0222. The van der Waals surface area contributed by atoms with Gasteiger partial charge in [-0.3, -0.25) is 9.69 Å². The summed E-state index contributed by atoms with van der Waals surface area (Å²) in [6.45, 7) is 6.30. The van der Waals surface area contributed by atoms with Crippen LogP contribution in [0.2, 0.25) is 0 Å². The van der Waals surface area contributed by atoms with Gasteiger partial charge in [-0.05, 0) is 6.92 Å². The van der Waals surface area contributed by atoms with Crippen LogP contribution in [0.3, 0.4) is 0 Å². The molecule has 2 rings (SSSR count). The van der Waals surface area contributed by atoms with Crippen molar-refractivity contribution < 1.29 is 9.53 Å². The maximum atomic E-state index is 11.2.